The van der Waals surface area contributed by atoms with Gasteiger partial charge >= 0.3 is 6.18 Å². The van der Waals surface area contributed by atoms with Crippen LogP contribution >= 0.6 is 0 Å². The van der Waals surface area contributed by atoms with Crippen LogP contribution in [-0.4, -0.2) is 48.2 Å². The van der Waals surface area contributed by atoms with Gasteiger partial charge in [0, 0.05) is 22.3 Å². The van der Waals surface area contributed by atoms with E-state index in [1.54, 1.807) is 60.7 Å². The topological polar surface area (TPSA) is 80.5 Å². The molecule has 8 nitrogen and oxygen atoms in total. The van der Waals surface area contributed by atoms with Gasteiger partial charge in [-0.05, 0) is 48.9 Å². The van der Waals surface area contributed by atoms with Crippen LogP contribution in [0.4, 0.5) is 13.2 Å². The first-order valence-electron chi connectivity index (χ1n) is 13.3. The quantitative estimate of drug-likeness (QED) is 0.179. The van der Waals surface area contributed by atoms with Crippen LogP contribution in [0, 0.1) is 0 Å². The molecule has 0 aliphatic heterocycles. The fourth-order valence-electron chi connectivity index (χ4n) is 4.86. The molecule has 11 heteroatoms. The first-order chi connectivity index (χ1) is 20.7. The summed E-state index contributed by atoms with van der Waals surface area (Å²) in [5, 5.41) is 4.84. The molecule has 0 N–H and O–H groups in total. The fourth-order valence-corrected chi connectivity index (χ4v) is 4.86. The Morgan fingerprint density at radius 3 is 1.81 bits per heavy atom. The van der Waals surface area contributed by atoms with E-state index in [9.17, 15) is 13.2 Å². The first-order valence-corrected chi connectivity index (χ1v) is 13.3. The summed E-state index contributed by atoms with van der Waals surface area (Å²) in [5.74, 6) is 1.71. The van der Waals surface area contributed by atoms with Gasteiger partial charge in [-0.15, -0.1) is 0 Å². The van der Waals surface area contributed by atoms with Crippen molar-refractivity contribution in [2.75, 3.05) is 28.4 Å². The van der Waals surface area contributed by atoms with E-state index in [-0.39, 0.29) is 11.6 Å². The average Bonchev–Trinajstić information content (AvgIpc) is 3.43. The third-order valence-electron chi connectivity index (χ3n) is 6.91. The van der Waals surface area contributed by atoms with Crippen LogP contribution in [0.15, 0.2) is 72.8 Å². The van der Waals surface area contributed by atoms with Crippen LogP contribution in [-0.2, 0) is 12.6 Å². The Labute approximate surface area is 246 Å². The highest BCUT2D eigenvalue weighted by Crippen LogP contribution is 2.41. The largest absolute Gasteiger partial charge is 0.493 e. The van der Waals surface area contributed by atoms with Crippen LogP contribution in [0.3, 0.4) is 0 Å². The zero-order chi connectivity index (χ0) is 30.7. The van der Waals surface area contributed by atoms with Gasteiger partial charge in [-0.1, -0.05) is 37.3 Å². The van der Waals surface area contributed by atoms with Gasteiger partial charge in [0.2, 0.25) is 0 Å². The van der Waals surface area contributed by atoms with Crippen LogP contribution in [0.25, 0.3) is 39.7 Å². The Morgan fingerprint density at radius 2 is 1.26 bits per heavy atom. The molecule has 222 valence electrons. The summed E-state index contributed by atoms with van der Waals surface area (Å²) >= 11 is 0. The number of halogens is 3. The summed E-state index contributed by atoms with van der Waals surface area (Å²) in [5.41, 5.74) is 2.60. The van der Waals surface area contributed by atoms with Crippen molar-refractivity contribution in [2.24, 2.45) is 0 Å². The lowest BCUT2D eigenvalue weighted by atomic mass is 9.99. The number of hydrogen-bond donors (Lipinski definition) is 0. The van der Waals surface area contributed by atoms with Crippen LogP contribution in [0.2, 0.25) is 0 Å². The molecule has 0 bridgehead atoms. The van der Waals surface area contributed by atoms with Crippen molar-refractivity contribution in [1.82, 2.24) is 19.7 Å². The van der Waals surface area contributed by atoms with Crippen molar-refractivity contribution >= 4 is 0 Å². The maximum atomic E-state index is 14.2. The standard InChI is InChI=1S/C32H29F3N4O4/c1-6-22-29(20-12-14-24(40-2)26(16-20)42-4)38-39(30(22)21-13-15-25(41-3)27(17-21)43-5)31-36-23(19-10-8-7-9-11-19)18-28(37-31)32(33,34)35/h7-18H,6H2,1-5H3. The monoisotopic (exact) mass is 590 g/mol. The molecule has 0 fully saturated rings. The Bertz CT molecular complexity index is 1750. The second kappa shape index (κ2) is 12.0. The molecule has 5 rings (SSSR count). The van der Waals surface area contributed by atoms with Crippen molar-refractivity contribution in [3.05, 3.63) is 84.1 Å². The predicted octanol–water partition coefficient (Wildman–Crippen LogP) is 7.28. The number of rotatable bonds is 9. The minimum Gasteiger partial charge on any atom is -0.493 e. The van der Waals surface area contributed by atoms with Gasteiger partial charge in [-0.25, -0.2) is 9.97 Å². The molecule has 5 aromatic rings. The molecule has 0 saturated carbocycles. The molecule has 0 unspecified atom stereocenters. The molecule has 2 heterocycles. The van der Waals surface area contributed by atoms with Gasteiger partial charge in [0.05, 0.1) is 45.5 Å². The van der Waals surface area contributed by atoms with E-state index in [1.807, 2.05) is 13.0 Å². The van der Waals surface area contributed by atoms with Crippen molar-refractivity contribution < 1.29 is 32.1 Å². The molecule has 0 saturated heterocycles. The van der Waals surface area contributed by atoms with Gasteiger partial charge in [0.15, 0.2) is 28.7 Å². The minimum absolute atomic E-state index is 0.109. The molecule has 0 aliphatic carbocycles. The lowest BCUT2D eigenvalue weighted by Crippen LogP contribution is -2.14. The molecular weight excluding hydrogens is 561 g/mol. The number of ether oxygens (including phenoxy) is 4. The fraction of sp³-hybridized carbons (Fsp3) is 0.219. The van der Waals surface area contributed by atoms with Crippen molar-refractivity contribution in [3.8, 4) is 62.7 Å². The number of aromatic nitrogens is 4. The van der Waals surface area contributed by atoms with Crippen molar-refractivity contribution in [3.63, 3.8) is 0 Å². The Kier molecular flexibility index (Phi) is 8.24. The van der Waals surface area contributed by atoms with E-state index >= 15 is 0 Å². The van der Waals surface area contributed by atoms with Crippen molar-refractivity contribution in [2.45, 2.75) is 19.5 Å². The maximum Gasteiger partial charge on any atom is 0.433 e. The summed E-state index contributed by atoms with van der Waals surface area (Å²) in [4.78, 5) is 8.55. The Hall–Kier alpha value is -5.06. The number of alkyl halides is 3. The molecule has 2 aromatic heterocycles. The lowest BCUT2D eigenvalue weighted by molar-refractivity contribution is -0.141. The predicted molar refractivity (Wildman–Crippen MR) is 156 cm³/mol. The lowest BCUT2D eigenvalue weighted by Gasteiger charge is -2.14. The molecule has 0 spiro atoms. The zero-order valence-electron chi connectivity index (χ0n) is 24.2. The first kappa shape index (κ1) is 29.4. The SMILES string of the molecule is CCc1c(-c2ccc(OC)c(OC)c2)nn(-c2nc(-c3ccccc3)cc(C(F)(F)F)n2)c1-c1ccc(OC)c(OC)c1. The van der Waals surface area contributed by atoms with Gasteiger partial charge in [0.25, 0.3) is 5.95 Å². The number of nitrogens with zero attached hydrogens (tertiary/aromatic N) is 4. The second-order valence-corrected chi connectivity index (χ2v) is 9.38. The van der Waals surface area contributed by atoms with Gasteiger partial charge in [-0.3, -0.25) is 0 Å². The number of benzene rings is 3. The van der Waals surface area contributed by atoms with E-state index in [1.165, 1.54) is 33.1 Å². The Morgan fingerprint density at radius 1 is 0.674 bits per heavy atom. The highest BCUT2D eigenvalue weighted by atomic mass is 19.4. The summed E-state index contributed by atoms with van der Waals surface area (Å²) in [6, 6.07) is 20.2. The summed E-state index contributed by atoms with van der Waals surface area (Å²) < 4.78 is 65.8. The summed E-state index contributed by atoms with van der Waals surface area (Å²) in [6.45, 7) is 1.94. The summed E-state index contributed by atoms with van der Waals surface area (Å²) in [6.07, 6.45) is -4.24. The van der Waals surface area contributed by atoms with E-state index in [4.69, 9.17) is 24.0 Å². The summed E-state index contributed by atoms with van der Waals surface area (Å²) in [7, 11) is 6.10. The maximum absolute atomic E-state index is 14.2. The molecule has 43 heavy (non-hydrogen) atoms. The molecule has 0 amide bonds. The number of methoxy groups -OCH3 is 4. The molecule has 0 aliphatic rings. The zero-order valence-corrected chi connectivity index (χ0v) is 24.2. The van der Waals surface area contributed by atoms with Crippen LogP contribution in [0.5, 0.6) is 23.0 Å². The second-order valence-electron chi connectivity index (χ2n) is 9.38. The number of hydrogen-bond acceptors (Lipinski definition) is 7. The van der Waals surface area contributed by atoms with Crippen LogP contribution in [0.1, 0.15) is 18.2 Å². The molecule has 0 radical (unpaired) electrons. The molecule has 0 atom stereocenters. The van der Waals surface area contributed by atoms with Crippen molar-refractivity contribution in [1.29, 1.82) is 0 Å². The average molecular weight is 591 g/mol. The Balaban J connectivity index is 1.84. The normalized spacial score (nSPS) is 11.3. The third kappa shape index (κ3) is 5.70. The smallest absolute Gasteiger partial charge is 0.433 e. The van der Waals surface area contributed by atoms with Crippen LogP contribution < -0.4 is 18.9 Å². The van der Waals surface area contributed by atoms with Gasteiger partial charge in [0.1, 0.15) is 0 Å². The van der Waals surface area contributed by atoms with E-state index in [0.717, 1.165) is 11.6 Å². The van der Waals surface area contributed by atoms with E-state index in [2.05, 4.69) is 9.97 Å². The minimum atomic E-state index is -4.72. The van der Waals surface area contributed by atoms with Gasteiger partial charge in [-0.2, -0.15) is 23.0 Å². The highest BCUT2D eigenvalue weighted by Gasteiger charge is 2.35. The van der Waals surface area contributed by atoms with E-state index in [0.29, 0.717) is 57.5 Å². The third-order valence-corrected chi connectivity index (χ3v) is 6.91. The highest BCUT2D eigenvalue weighted by molar-refractivity contribution is 5.78. The van der Waals surface area contributed by atoms with Gasteiger partial charge < -0.3 is 18.9 Å². The molecule has 3 aromatic carbocycles. The molecular formula is C32H29F3N4O4. The van der Waals surface area contributed by atoms with E-state index < -0.39 is 11.9 Å².